The van der Waals surface area contributed by atoms with Gasteiger partial charge in [-0.25, -0.2) is 0 Å². The van der Waals surface area contributed by atoms with Gasteiger partial charge in [0.05, 0.1) is 15.9 Å². The zero-order chi connectivity index (χ0) is 12.5. The fourth-order valence-electron chi connectivity index (χ4n) is 1.07. The Hall–Kier alpha value is -0.260. The normalized spacial score (nSPS) is 11.6. The average molecular weight is 336 g/mol. The van der Waals surface area contributed by atoms with Crippen LogP contribution in [0.2, 0.25) is 10.0 Å². The van der Waals surface area contributed by atoms with Crippen LogP contribution in [0.1, 0.15) is 15.9 Å². The van der Waals surface area contributed by atoms with Crippen molar-refractivity contribution in [3.63, 3.8) is 0 Å². The Bertz CT molecular complexity index is 431. The number of halogens is 6. The molecule has 0 unspecified atom stereocenters. The Balaban J connectivity index is 3.44. The number of rotatable bonds is 2. The first kappa shape index (κ1) is 13.8. The lowest BCUT2D eigenvalue weighted by atomic mass is 10.1. The van der Waals surface area contributed by atoms with E-state index in [4.69, 9.17) is 23.2 Å². The predicted molar refractivity (Wildman–Crippen MR) is 59.6 cm³/mol. The molecule has 88 valence electrons. The van der Waals surface area contributed by atoms with Crippen molar-refractivity contribution < 1.29 is 18.0 Å². The van der Waals surface area contributed by atoms with E-state index in [0.717, 1.165) is 6.07 Å². The fraction of sp³-hybridized carbons (Fsp3) is 0.222. The van der Waals surface area contributed by atoms with Crippen LogP contribution in [0, 0.1) is 0 Å². The van der Waals surface area contributed by atoms with E-state index in [-0.39, 0.29) is 15.9 Å². The molecule has 0 aliphatic carbocycles. The van der Waals surface area contributed by atoms with Gasteiger partial charge in [-0.15, -0.1) is 0 Å². The molecule has 1 rings (SSSR count). The second-order valence-electron chi connectivity index (χ2n) is 2.87. The minimum absolute atomic E-state index is 0.121. The first-order chi connectivity index (χ1) is 7.27. The third kappa shape index (κ3) is 2.90. The molecule has 0 saturated carbocycles. The average Bonchev–Trinajstić information content (AvgIpc) is 2.18. The zero-order valence-corrected chi connectivity index (χ0v) is 10.6. The van der Waals surface area contributed by atoms with Crippen LogP contribution in [-0.4, -0.2) is 11.1 Å². The van der Waals surface area contributed by atoms with E-state index in [2.05, 4.69) is 15.9 Å². The summed E-state index contributed by atoms with van der Waals surface area (Å²) in [5, 5.41) is -0.924. The molecule has 0 atom stereocenters. The van der Waals surface area contributed by atoms with Crippen molar-refractivity contribution in [1.82, 2.24) is 0 Å². The summed E-state index contributed by atoms with van der Waals surface area (Å²) in [5.74, 6) is -0.557. The topological polar surface area (TPSA) is 17.1 Å². The Kier molecular flexibility index (Phi) is 4.26. The molecule has 0 bridgehead atoms. The van der Waals surface area contributed by atoms with E-state index >= 15 is 0 Å². The van der Waals surface area contributed by atoms with Gasteiger partial charge in [0.1, 0.15) is 0 Å². The van der Waals surface area contributed by atoms with E-state index in [1.54, 1.807) is 0 Å². The maximum absolute atomic E-state index is 12.5. The molecule has 0 aliphatic heterocycles. The van der Waals surface area contributed by atoms with Crippen molar-refractivity contribution in [2.24, 2.45) is 0 Å². The standard InChI is InChI=1S/C9H4BrCl2F3O/c10-3-7(16)5-1-4(11)2-6(8(5)12)9(13,14)15/h1-2H,3H2. The van der Waals surface area contributed by atoms with E-state index in [1.807, 2.05) is 0 Å². The van der Waals surface area contributed by atoms with Gasteiger partial charge in [0.15, 0.2) is 5.78 Å². The third-order valence-electron chi connectivity index (χ3n) is 1.76. The summed E-state index contributed by atoms with van der Waals surface area (Å²) in [6, 6.07) is 1.80. The number of carbonyl (C=O) groups excluding carboxylic acids is 1. The van der Waals surface area contributed by atoms with Crippen LogP contribution in [-0.2, 0) is 6.18 Å². The highest BCUT2D eigenvalue weighted by molar-refractivity contribution is 9.09. The minimum atomic E-state index is -4.64. The number of carbonyl (C=O) groups is 1. The lowest BCUT2D eigenvalue weighted by molar-refractivity contribution is -0.137. The van der Waals surface area contributed by atoms with Crippen LogP contribution >= 0.6 is 39.1 Å². The smallest absolute Gasteiger partial charge is 0.293 e. The molecule has 1 nitrogen and oxygen atoms in total. The molecule has 0 N–H and O–H groups in total. The lowest BCUT2D eigenvalue weighted by Gasteiger charge is -2.12. The zero-order valence-electron chi connectivity index (χ0n) is 7.54. The van der Waals surface area contributed by atoms with Crippen LogP contribution in [0.15, 0.2) is 12.1 Å². The predicted octanol–water partition coefficient (Wildman–Crippen LogP) is 4.59. The molecule has 7 heteroatoms. The van der Waals surface area contributed by atoms with Gasteiger partial charge in [-0.05, 0) is 12.1 Å². The van der Waals surface area contributed by atoms with Gasteiger partial charge in [-0.2, -0.15) is 13.2 Å². The van der Waals surface area contributed by atoms with Gasteiger partial charge in [0.2, 0.25) is 0 Å². The first-order valence-electron chi connectivity index (χ1n) is 3.92. The Morgan fingerprint density at radius 2 is 1.88 bits per heavy atom. The molecule has 0 amide bonds. The van der Waals surface area contributed by atoms with Gasteiger partial charge in [-0.1, -0.05) is 39.1 Å². The second-order valence-corrected chi connectivity index (χ2v) is 4.24. The van der Waals surface area contributed by atoms with Gasteiger partial charge in [0.25, 0.3) is 0 Å². The van der Waals surface area contributed by atoms with Gasteiger partial charge in [-0.3, -0.25) is 4.79 Å². The molecule has 0 saturated heterocycles. The maximum Gasteiger partial charge on any atom is 0.417 e. The number of hydrogen-bond acceptors (Lipinski definition) is 1. The highest BCUT2D eigenvalue weighted by Crippen LogP contribution is 2.38. The molecule has 1 aromatic carbocycles. The molecule has 0 aromatic heterocycles. The van der Waals surface area contributed by atoms with Crippen molar-refractivity contribution in [3.05, 3.63) is 33.3 Å². The van der Waals surface area contributed by atoms with E-state index in [0.29, 0.717) is 6.07 Å². The lowest BCUT2D eigenvalue weighted by Crippen LogP contribution is -2.10. The summed E-state index contributed by atoms with van der Waals surface area (Å²) >= 11 is 13.9. The Morgan fingerprint density at radius 3 is 2.31 bits per heavy atom. The summed E-state index contributed by atoms with van der Waals surface area (Å²) in [6.45, 7) is 0. The molecule has 0 aliphatic rings. The molecule has 1 aromatic rings. The molecule has 0 fully saturated rings. The number of benzene rings is 1. The second kappa shape index (κ2) is 4.94. The van der Waals surface area contributed by atoms with E-state index < -0.39 is 22.5 Å². The fourth-order valence-corrected chi connectivity index (χ4v) is 1.91. The molecule has 16 heavy (non-hydrogen) atoms. The number of ketones is 1. The van der Waals surface area contributed by atoms with E-state index in [9.17, 15) is 18.0 Å². The number of alkyl halides is 4. The Morgan fingerprint density at radius 1 is 1.31 bits per heavy atom. The third-order valence-corrected chi connectivity index (χ3v) is 2.90. The van der Waals surface area contributed by atoms with Crippen LogP contribution in [0.4, 0.5) is 13.2 Å². The summed E-state index contributed by atoms with van der Waals surface area (Å²) < 4.78 is 37.5. The monoisotopic (exact) mass is 334 g/mol. The van der Waals surface area contributed by atoms with Crippen molar-refractivity contribution in [3.8, 4) is 0 Å². The molecular formula is C9H4BrCl2F3O. The molecular weight excluding hydrogens is 332 g/mol. The van der Waals surface area contributed by atoms with Gasteiger partial charge >= 0.3 is 6.18 Å². The van der Waals surface area contributed by atoms with Crippen LogP contribution in [0.5, 0.6) is 0 Å². The summed E-state index contributed by atoms with van der Waals surface area (Å²) in [7, 11) is 0. The SMILES string of the molecule is O=C(CBr)c1cc(Cl)cc(C(F)(F)F)c1Cl. The van der Waals surface area contributed by atoms with Crippen molar-refractivity contribution in [2.45, 2.75) is 6.18 Å². The van der Waals surface area contributed by atoms with Crippen molar-refractivity contribution >= 4 is 44.9 Å². The van der Waals surface area contributed by atoms with Crippen molar-refractivity contribution in [1.29, 1.82) is 0 Å². The van der Waals surface area contributed by atoms with Crippen LogP contribution in [0.25, 0.3) is 0 Å². The molecule has 0 spiro atoms. The number of hydrogen-bond donors (Lipinski definition) is 0. The summed E-state index contributed by atoms with van der Waals surface area (Å²) in [4.78, 5) is 11.3. The molecule has 0 radical (unpaired) electrons. The minimum Gasteiger partial charge on any atom is -0.293 e. The Labute approximate surface area is 108 Å². The van der Waals surface area contributed by atoms with Crippen molar-refractivity contribution in [2.75, 3.05) is 5.33 Å². The van der Waals surface area contributed by atoms with Gasteiger partial charge in [0, 0.05) is 10.6 Å². The first-order valence-corrected chi connectivity index (χ1v) is 5.80. The highest BCUT2D eigenvalue weighted by Gasteiger charge is 2.35. The van der Waals surface area contributed by atoms with Gasteiger partial charge < -0.3 is 0 Å². The summed E-state index contributed by atoms with van der Waals surface area (Å²) in [5.41, 5.74) is -1.34. The highest BCUT2D eigenvalue weighted by atomic mass is 79.9. The quantitative estimate of drug-likeness (QED) is 0.570. The summed E-state index contributed by atoms with van der Waals surface area (Å²) in [6.07, 6.45) is -4.64. The largest absolute Gasteiger partial charge is 0.417 e. The van der Waals surface area contributed by atoms with Crippen LogP contribution < -0.4 is 0 Å². The van der Waals surface area contributed by atoms with E-state index in [1.165, 1.54) is 0 Å². The van der Waals surface area contributed by atoms with Crippen LogP contribution in [0.3, 0.4) is 0 Å². The maximum atomic E-state index is 12.5. The number of Topliss-reactive ketones (excluding diaryl/α,β-unsaturated/α-hetero) is 1. The molecule has 0 heterocycles.